The molecule has 2 N–H and O–H groups in total. The van der Waals surface area contributed by atoms with Crippen LogP contribution in [0.2, 0.25) is 0 Å². The number of Topliss-reactive ketones (excluding diaryl/α,β-unsaturated/α-hetero) is 1. The van der Waals surface area contributed by atoms with Crippen molar-refractivity contribution in [3.63, 3.8) is 0 Å². The number of hydrogen-bond donors (Lipinski definition) is 1. The molecule has 0 bridgehead atoms. The van der Waals surface area contributed by atoms with Crippen molar-refractivity contribution in [1.29, 1.82) is 0 Å². The van der Waals surface area contributed by atoms with E-state index in [1.54, 1.807) is 11.3 Å². The lowest BCUT2D eigenvalue weighted by Crippen LogP contribution is -2.35. The maximum atomic E-state index is 12.8. The Hall–Kier alpha value is -2.16. The summed E-state index contributed by atoms with van der Waals surface area (Å²) in [4.78, 5) is 29.8. The highest BCUT2D eigenvalue weighted by atomic mass is 32.1. The van der Waals surface area contributed by atoms with Crippen molar-refractivity contribution < 1.29 is 23.8 Å². The van der Waals surface area contributed by atoms with Gasteiger partial charge in [0.15, 0.2) is 5.78 Å². The number of carbonyl (C=O) groups is 2. The zero-order valence-electron chi connectivity index (χ0n) is 16.8. The van der Waals surface area contributed by atoms with Gasteiger partial charge in [-0.05, 0) is 25.0 Å². The van der Waals surface area contributed by atoms with E-state index in [9.17, 15) is 9.59 Å². The van der Waals surface area contributed by atoms with Crippen molar-refractivity contribution >= 4 is 23.1 Å². The first kappa shape index (κ1) is 20.1. The van der Waals surface area contributed by atoms with E-state index < -0.39 is 11.9 Å². The fourth-order valence-electron chi connectivity index (χ4n) is 4.19. The van der Waals surface area contributed by atoms with Gasteiger partial charge in [0.25, 0.3) is 0 Å². The molecule has 1 aromatic heterocycles. The van der Waals surface area contributed by atoms with E-state index >= 15 is 0 Å². The lowest BCUT2D eigenvalue weighted by Gasteiger charge is -2.31. The first-order chi connectivity index (χ1) is 14.0. The van der Waals surface area contributed by atoms with Crippen LogP contribution in [0.3, 0.4) is 0 Å². The summed E-state index contributed by atoms with van der Waals surface area (Å²) in [6, 6.07) is 2.11. The van der Waals surface area contributed by atoms with E-state index in [0.717, 1.165) is 44.1 Å². The van der Waals surface area contributed by atoms with Gasteiger partial charge < -0.3 is 19.9 Å². The first-order valence-electron chi connectivity index (χ1n) is 9.91. The number of aryl methyl sites for hydroxylation is 1. The molecule has 0 saturated carbocycles. The zero-order valence-corrected chi connectivity index (χ0v) is 17.6. The van der Waals surface area contributed by atoms with Crippen LogP contribution in [0.15, 0.2) is 28.9 Å². The van der Waals surface area contributed by atoms with Gasteiger partial charge in [-0.3, -0.25) is 9.69 Å². The van der Waals surface area contributed by atoms with Crippen LogP contribution >= 0.6 is 11.3 Å². The van der Waals surface area contributed by atoms with E-state index in [1.165, 1.54) is 17.6 Å². The third kappa shape index (κ3) is 3.84. The van der Waals surface area contributed by atoms with Crippen molar-refractivity contribution in [2.24, 2.45) is 5.73 Å². The normalized spacial score (nSPS) is 23.1. The number of ketones is 1. The van der Waals surface area contributed by atoms with E-state index in [2.05, 4.69) is 17.9 Å². The third-order valence-electron chi connectivity index (χ3n) is 5.71. The average molecular weight is 419 g/mol. The van der Waals surface area contributed by atoms with Crippen LogP contribution in [0, 0.1) is 6.92 Å². The number of ether oxygens (including phenoxy) is 3. The number of carbonyl (C=O) groups excluding carboxylic acids is 2. The molecule has 0 radical (unpaired) electrons. The molecule has 0 unspecified atom stereocenters. The monoisotopic (exact) mass is 418 g/mol. The fraction of sp³-hybridized carbons (Fsp3) is 0.524. The van der Waals surface area contributed by atoms with Gasteiger partial charge in [-0.25, -0.2) is 4.79 Å². The average Bonchev–Trinajstić information content (AvgIpc) is 3.07. The van der Waals surface area contributed by atoms with Crippen molar-refractivity contribution in [2.75, 3.05) is 33.4 Å². The summed E-state index contributed by atoms with van der Waals surface area (Å²) in [6.45, 7) is 6.18. The Kier molecular flexibility index (Phi) is 5.76. The van der Waals surface area contributed by atoms with Crippen LogP contribution in [0.25, 0.3) is 0 Å². The number of thiophene rings is 1. The van der Waals surface area contributed by atoms with Crippen LogP contribution in [0.1, 0.15) is 40.5 Å². The number of allylic oxidation sites excluding steroid dienone is 2. The number of methoxy groups -OCH3 is 1. The number of rotatable bonds is 4. The van der Waals surface area contributed by atoms with E-state index in [1.807, 2.05) is 0 Å². The second-order valence-electron chi connectivity index (χ2n) is 7.54. The molecule has 0 aromatic carbocycles. The summed E-state index contributed by atoms with van der Waals surface area (Å²) >= 11 is 1.60. The van der Waals surface area contributed by atoms with Crippen molar-refractivity contribution in [1.82, 2.24) is 4.90 Å². The Balaban J connectivity index is 1.73. The summed E-state index contributed by atoms with van der Waals surface area (Å²) < 4.78 is 16.1. The second kappa shape index (κ2) is 8.30. The molecule has 1 aromatic rings. The molecule has 1 aliphatic carbocycles. The first-order valence-corrected chi connectivity index (χ1v) is 10.7. The van der Waals surface area contributed by atoms with Gasteiger partial charge in [0, 0.05) is 47.8 Å². The van der Waals surface area contributed by atoms with Crippen LogP contribution < -0.4 is 5.73 Å². The topological polar surface area (TPSA) is 91.1 Å². The molecule has 1 fully saturated rings. The Morgan fingerprint density at radius 2 is 2.10 bits per heavy atom. The lowest BCUT2D eigenvalue weighted by atomic mass is 9.80. The summed E-state index contributed by atoms with van der Waals surface area (Å²) in [5.41, 5.74) is 8.11. The smallest absolute Gasteiger partial charge is 0.340 e. The molecule has 4 rings (SSSR count). The highest BCUT2D eigenvalue weighted by Crippen LogP contribution is 2.46. The second-order valence-corrected chi connectivity index (χ2v) is 8.82. The molecular weight excluding hydrogens is 392 g/mol. The molecule has 1 saturated heterocycles. The van der Waals surface area contributed by atoms with Crippen molar-refractivity contribution in [3.8, 4) is 0 Å². The molecule has 29 heavy (non-hydrogen) atoms. The minimum absolute atomic E-state index is 0.0194. The number of esters is 1. The molecule has 1 atom stereocenters. The summed E-state index contributed by atoms with van der Waals surface area (Å²) in [5.74, 6) is -0.432. The third-order valence-corrected chi connectivity index (χ3v) is 6.87. The van der Waals surface area contributed by atoms with Gasteiger partial charge in [-0.2, -0.15) is 0 Å². The highest BCUT2D eigenvalue weighted by molar-refractivity contribution is 7.12. The minimum Gasteiger partial charge on any atom is -0.465 e. The largest absolute Gasteiger partial charge is 0.465 e. The minimum atomic E-state index is -0.557. The molecule has 156 valence electrons. The van der Waals surface area contributed by atoms with Gasteiger partial charge in [0.2, 0.25) is 5.88 Å². The molecular formula is C21H26N2O5S. The van der Waals surface area contributed by atoms with Crippen LogP contribution in [-0.2, 0) is 30.3 Å². The van der Waals surface area contributed by atoms with Gasteiger partial charge in [-0.1, -0.05) is 0 Å². The predicted octanol–water partition coefficient (Wildman–Crippen LogP) is 2.35. The number of nitrogens with two attached hydrogens (primary N) is 1. The van der Waals surface area contributed by atoms with Gasteiger partial charge in [0.1, 0.15) is 11.3 Å². The summed E-state index contributed by atoms with van der Waals surface area (Å²) in [6.07, 6.45) is 1.84. The van der Waals surface area contributed by atoms with Crippen molar-refractivity contribution in [3.05, 3.63) is 44.2 Å². The van der Waals surface area contributed by atoms with Gasteiger partial charge >= 0.3 is 5.97 Å². The lowest BCUT2D eigenvalue weighted by molar-refractivity contribution is -0.136. The Morgan fingerprint density at radius 1 is 1.34 bits per heavy atom. The Labute approximate surface area is 174 Å². The Bertz CT molecular complexity index is 895. The molecule has 8 heteroatoms. The molecule has 0 spiro atoms. The quantitative estimate of drug-likeness (QED) is 0.751. The zero-order chi connectivity index (χ0) is 20.5. The fourth-order valence-corrected chi connectivity index (χ4v) is 5.36. The summed E-state index contributed by atoms with van der Waals surface area (Å²) in [7, 11) is 1.32. The highest BCUT2D eigenvalue weighted by Gasteiger charge is 2.42. The molecule has 2 aliphatic heterocycles. The van der Waals surface area contributed by atoms with E-state index in [-0.39, 0.29) is 17.2 Å². The number of morpholine rings is 1. The Morgan fingerprint density at radius 3 is 2.83 bits per heavy atom. The SMILES string of the molecule is COC(=O)C1=C(N)OC2=C(C(=O)CCC2)[C@@H]1c1cc(CN2CCOCC2)c(C)s1. The predicted molar refractivity (Wildman–Crippen MR) is 108 cm³/mol. The molecule has 7 nitrogen and oxygen atoms in total. The van der Waals surface area contributed by atoms with Crippen LogP contribution in [-0.4, -0.2) is 50.1 Å². The maximum absolute atomic E-state index is 12.8. The van der Waals surface area contributed by atoms with Gasteiger partial charge in [0.05, 0.1) is 26.2 Å². The van der Waals surface area contributed by atoms with E-state index in [0.29, 0.717) is 24.2 Å². The molecule has 3 aliphatic rings. The van der Waals surface area contributed by atoms with Crippen LogP contribution in [0.4, 0.5) is 0 Å². The standard InChI is InChI=1S/C21H26N2O5S/c1-12-13(11-23-6-8-27-9-7-23)10-16(29-12)18-17-14(24)4-3-5-15(17)28-20(22)19(18)21(25)26-2/h10,18H,3-9,11,22H2,1-2H3/t18-/m0/s1. The number of nitrogens with zero attached hydrogens (tertiary/aromatic N) is 1. The number of hydrogen-bond acceptors (Lipinski definition) is 8. The van der Waals surface area contributed by atoms with Crippen molar-refractivity contribution in [2.45, 2.75) is 38.6 Å². The van der Waals surface area contributed by atoms with Crippen LogP contribution in [0.5, 0.6) is 0 Å². The van der Waals surface area contributed by atoms with Gasteiger partial charge in [-0.15, -0.1) is 11.3 Å². The molecule has 3 heterocycles. The molecule has 0 amide bonds. The maximum Gasteiger partial charge on any atom is 0.340 e. The van der Waals surface area contributed by atoms with E-state index in [4.69, 9.17) is 19.9 Å². The summed E-state index contributed by atoms with van der Waals surface area (Å²) in [5, 5.41) is 0.